The van der Waals surface area contributed by atoms with E-state index >= 15 is 0 Å². The zero-order chi connectivity index (χ0) is 40.0. The van der Waals surface area contributed by atoms with Crippen molar-refractivity contribution in [2.24, 2.45) is 10.7 Å². The lowest BCUT2D eigenvalue weighted by Crippen LogP contribution is -2.00. The number of aliphatic imine (C=N–C) groups is 1. The van der Waals surface area contributed by atoms with Crippen molar-refractivity contribution in [1.82, 2.24) is 19.9 Å². The van der Waals surface area contributed by atoms with Gasteiger partial charge in [-0.3, -0.25) is 15.0 Å². The largest absolute Gasteiger partial charge is 0.404 e. The zero-order valence-electron chi connectivity index (χ0n) is 32.8. The Morgan fingerprint density at radius 3 is 1.90 bits per heavy atom. The van der Waals surface area contributed by atoms with Crippen molar-refractivity contribution in [3.8, 4) is 67.2 Å². The summed E-state index contributed by atoms with van der Waals surface area (Å²) < 4.78 is 0. The second-order valence-electron chi connectivity index (χ2n) is 14.5. The molecule has 4 heterocycles. The minimum absolute atomic E-state index is 0.582. The van der Waals surface area contributed by atoms with E-state index in [4.69, 9.17) is 25.7 Å². The van der Waals surface area contributed by atoms with Crippen molar-refractivity contribution in [2.75, 3.05) is 0 Å². The van der Waals surface area contributed by atoms with Gasteiger partial charge in [0.2, 0.25) is 0 Å². The van der Waals surface area contributed by atoms with E-state index in [0.29, 0.717) is 5.82 Å². The summed E-state index contributed by atoms with van der Waals surface area (Å²) in [6.07, 6.45) is 16.0. The van der Waals surface area contributed by atoms with E-state index in [1.54, 1.807) is 6.20 Å². The van der Waals surface area contributed by atoms with Crippen LogP contribution >= 0.6 is 0 Å². The van der Waals surface area contributed by atoms with E-state index in [9.17, 15) is 0 Å². The van der Waals surface area contributed by atoms with E-state index in [-0.39, 0.29) is 0 Å². The molecule has 5 aromatic carbocycles. The molecule has 8 aromatic rings. The zero-order valence-corrected chi connectivity index (χ0v) is 32.8. The van der Waals surface area contributed by atoms with Gasteiger partial charge < -0.3 is 5.73 Å². The molecule has 0 bridgehead atoms. The van der Waals surface area contributed by atoms with Crippen LogP contribution in [0.5, 0.6) is 0 Å². The fourth-order valence-electron chi connectivity index (χ4n) is 7.56. The summed E-state index contributed by atoms with van der Waals surface area (Å²) >= 11 is 0. The molecule has 0 spiro atoms. The quantitative estimate of drug-likeness (QED) is 0.140. The van der Waals surface area contributed by atoms with Crippen LogP contribution in [-0.2, 0) is 0 Å². The first-order valence-corrected chi connectivity index (χ1v) is 20.1. The molecular formula is C53H42N6. The summed E-state index contributed by atoms with van der Waals surface area (Å²) in [6, 6.07) is 51.1. The van der Waals surface area contributed by atoms with Crippen LogP contribution in [-0.4, -0.2) is 26.2 Å². The minimum atomic E-state index is 0.582. The normalized spacial score (nSPS) is 12.9. The van der Waals surface area contributed by atoms with Crippen molar-refractivity contribution in [3.05, 3.63) is 194 Å². The summed E-state index contributed by atoms with van der Waals surface area (Å²) in [5.41, 5.74) is 21.9. The van der Waals surface area contributed by atoms with Gasteiger partial charge in [-0.05, 0) is 112 Å². The number of nitrogens with zero attached hydrogens (tertiary/aromatic N) is 5. The highest BCUT2D eigenvalue weighted by atomic mass is 14.9. The molecule has 3 aromatic heterocycles. The highest BCUT2D eigenvalue weighted by Gasteiger charge is 2.19. The summed E-state index contributed by atoms with van der Waals surface area (Å²) in [4.78, 5) is 24.9. The van der Waals surface area contributed by atoms with Gasteiger partial charge in [-0.15, -0.1) is 0 Å². The van der Waals surface area contributed by atoms with Gasteiger partial charge >= 0.3 is 0 Å². The second kappa shape index (κ2) is 16.9. The lowest BCUT2D eigenvalue weighted by atomic mass is 9.91. The molecule has 2 N–H and O–H groups in total. The standard InChI is InChI=1S/C53H42N6/c1-2-3-13-42(32-54)49-25-23-44(34-56-49)51-48-31-46(40-20-10-18-38(28-40)36-14-6-4-7-15-36)30-47(41-21-11-19-39(29-41)37-16-8-5-9-17-37)52(48)59-53(58-51)45-24-26-50(57-35-45)43-22-12-27-55-33-43/h3-11,13-21,23-35H,2,12,22,54H2,1H3/b13-3-,42-32+. The molecule has 1 aliphatic rings. The third-order valence-corrected chi connectivity index (χ3v) is 10.7. The molecule has 1 aliphatic heterocycles. The number of aromatic nitrogens is 4. The van der Waals surface area contributed by atoms with Crippen LogP contribution in [0, 0.1) is 0 Å². The lowest BCUT2D eigenvalue weighted by molar-refractivity contribution is 1.08. The number of pyridine rings is 2. The molecule has 6 heteroatoms. The molecule has 59 heavy (non-hydrogen) atoms. The molecular weight excluding hydrogens is 721 g/mol. The molecule has 0 saturated heterocycles. The van der Waals surface area contributed by atoms with Crippen LogP contribution in [0.1, 0.15) is 37.6 Å². The molecule has 0 unspecified atom stereocenters. The Morgan fingerprint density at radius 1 is 0.610 bits per heavy atom. The average Bonchev–Trinajstić information content (AvgIpc) is 3.32. The molecule has 9 rings (SSSR count). The number of nitrogens with two attached hydrogens (primary N) is 1. The molecule has 0 aliphatic carbocycles. The van der Waals surface area contributed by atoms with Crippen molar-refractivity contribution in [2.45, 2.75) is 26.2 Å². The summed E-state index contributed by atoms with van der Waals surface area (Å²) in [6.45, 7) is 2.10. The van der Waals surface area contributed by atoms with Gasteiger partial charge in [-0.25, -0.2) is 9.97 Å². The van der Waals surface area contributed by atoms with Crippen LogP contribution < -0.4 is 5.73 Å². The SMILES string of the molecule is CC/C=C\C(=C/N)c1ccc(-c2nc(-c3ccc(C4=CN=CCC4)nc3)nc3c(-c4cccc(-c5ccccc5)c4)cc(-c4cccc(-c5ccccc5)c4)cc23)cn1. The Bertz CT molecular complexity index is 2890. The first-order chi connectivity index (χ1) is 29.1. The maximum atomic E-state index is 6.06. The number of fused-ring (bicyclic) bond motifs is 1. The van der Waals surface area contributed by atoms with Crippen LogP contribution in [0.15, 0.2) is 188 Å². The summed E-state index contributed by atoms with van der Waals surface area (Å²) in [7, 11) is 0. The summed E-state index contributed by atoms with van der Waals surface area (Å²) in [5.74, 6) is 0.582. The average molecular weight is 763 g/mol. The van der Waals surface area contributed by atoms with E-state index < -0.39 is 0 Å². The number of hydrogen-bond donors (Lipinski definition) is 1. The maximum Gasteiger partial charge on any atom is 0.162 e. The van der Waals surface area contributed by atoms with Gasteiger partial charge in [-0.1, -0.05) is 116 Å². The lowest BCUT2D eigenvalue weighted by Gasteiger charge is -2.16. The molecule has 6 nitrogen and oxygen atoms in total. The number of rotatable bonds is 10. The van der Waals surface area contributed by atoms with Crippen LogP contribution in [0.25, 0.3) is 89.2 Å². The Hall–Kier alpha value is -7.57. The van der Waals surface area contributed by atoms with Gasteiger partial charge in [0, 0.05) is 58.7 Å². The molecule has 284 valence electrons. The smallest absolute Gasteiger partial charge is 0.162 e. The van der Waals surface area contributed by atoms with Crippen molar-refractivity contribution >= 4 is 28.3 Å². The minimum Gasteiger partial charge on any atom is -0.404 e. The molecule has 0 amide bonds. The van der Waals surface area contributed by atoms with Gasteiger partial charge in [0.05, 0.1) is 22.6 Å². The number of benzene rings is 5. The van der Waals surface area contributed by atoms with Crippen molar-refractivity contribution in [3.63, 3.8) is 0 Å². The topological polar surface area (TPSA) is 89.9 Å². The highest BCUT2D eigenvalue weighted by molar-refractivity contribution is 6.05. The van der Waals surface area contributed by atoms with Gasteiger partial charge in [0.25, 0.3) is 0 Å². The third-order valence-electron chi connectivity index (χ3n) is 10.7. The van der Waals surface area contributed by atoms with Crippen LogP contribution in [0.4, 0.5) is 0 Å². The van der Waals surface area contributed by atoms with Gasteiger partial charge in [0.15, 0.2) is 5.82 Å². The highest BCUT2D eigenvalue weighted by Crippen LogP contribution is 2.40. The van der Waals surface area contributed by atoms with Crippen LogP contribution in [0.2, 0.25) is 0 Å². The first-order valence-electron chi connectivity index (χ1n) is 20.1. The van der Waals surface area contributed by atoms with E-state index in [2.05, 4.69) is 139 Å². The second-order valence-corrected chi connectivity index (χ2v) is 14.5. The monoisotopic (exact) mass is 762 g/mol. The van der Waals surface area contributed by atoms with Crippen molar-refractivity contribution in [1.29, 1.82) is 0 Å². The Labute approximate surface area is 345 Å². The van der Waals surface area contributed by atoms with E-state index in [0.717, 1.165) is 114 Å². The first kappa shape index (κ1) is 37.0. The summed E-state index contributed by atoms with van der Waals surface area (Å²) in [5, 5.41) is 0.918. The van der Waals surface area contributed by atoms with E-state index in [1.807, 2.05) is 55.1 Å². The van der Waals surface area contributed by atoms with Gasteiger partial charge in [0.1, 0.15) is 0 Å². The Morgan fingerprint density at radius 2 is 1.27 bits per heavy atom. The third kappa shape index (κ3) is 7.89. The predicted octanol–water partition coefficient (Wildman–Crippen LogP) is 12.9. The maximum absolute atomic E-state index is 6.06. The fourth-order valence-corrected chi connectivity index (χ4v) is 7.56. The molecule has 0 fully saturated rings. The van der Waals surface area contributed by atoms with Crippen molar-refractivity contribution < 1.29 is 0 Å². The fraction of sp³-hybridized carbons (Fsp3) is 0.0755. The molecule has 0 saturated carbocycles. The molecule has 0 radical (unpaired) electrons. The van der Waals surface area contributed by atoms with Crippen LogP contribution in [0.3, 0.4) is 0 Å². The predicted molar refractivity (Wildman–Crippen MR) is 245 cm³/mol. The molecule has 0 atom stereocenters. The number of hydrogen-bond acceptors (Lipinski definition) is 6. The Balaban J connectivity index is 1.28. The Kier molecular flexibility index (Phi) is 10.6. The van der Waals surface area contributed by atoms with Gasteiger partial charge in [-0.2, -0.15) is 0 Å². The van der Waals surface area contributed by atoms with E-state index in [1.165, 1.54) is 0 Å². The number of allylic oxidation sites excluding steroid dienone is 4.